The number of fused-ring (bicyclic) bond motifs is 1. The molecule has 8 nitrogen and oxygen atoms in total. The first kappa shape index (κ1) is 23.8. The molecule has 2 saturated heterocycles. The largest absolute Gasteiger partial charge is 0.355 e. The molecule has 37 heavy (non-hydrogen) atoms. The zero-order valence-corrected chi connectivity index (χ0v) is 21.0. The summed E-state index contributed by atoms with van der Waals surface area (Å²) in [6.07, 6.45) is 6.37. The molecule has 9 heteroatoms. The van der Waals surface area contributed by atoms with Crippen molar-refractivity contribution in [2.45, 2.75) is 31.5 Å². The van der Waals surface area contributed by atoms with Gasteiger partial charge in [0.05, 0.1) is 46.7 Å². The Balaban J connectivity index is 1.30. The predicted molar refractivity (Wildman–Crippen MR) is 138 cm³/mol. The van der Waals surface area contributed by atoms with E-state index in [0.717, 1.165) is 51.5 Å². The first-order valence-corrected chi connectivity index (χ1v) is 13.0. The summed E-state index contributed by atoms with van der Waals surface area (Å²) in [6.45, 7) is 6.58. The highest BCUT2D eigenvalue weighted by Crippen LogP contribution is 2.35. The van der Waals surface area contributed by atoms with E-state index in [1.165, 1.54) is 18.6 Å². The van der Waals surface area contributed by atoms with Crippen molar-refractivity contribution in [1.82, 2.24) is 25.0 Å². The fourth-order valence-electron chi connectivity index (χ4n) is 5.92. The van der Waals surface area contributed by atoms with Crippen molar-refractivity contribution in [3.8, 4) is 17.3 Å². The summed E-state index contributed by atoms with van der Waals surface area (Å²) in [6, 6.07) is 8.37. The average Bonchev–Trinajstić information content (AvgIpc) is 3.56. The van der Waals surface area contributed by atoms with Gasteiger partial charge in [-0.1, -0.05) is 12.1 Å². The number of carbonyl (C=O) groups is 1. The zero-order valence-electron chi connectivity index (χ0n) is 21.0. The molecule has 2 aromatic rings. The number of nitriles is 1. The lowest BCUT2D eigenvalue weighted by molar-refractivity contribution is 0.0788. The number of aromatic nitrogens is 1. The van der Waals surface area contributed by atoms with Crippen LogP contribution in [-0.4, -0.2) is 83.8 Å². The second-order valence-corrected chi connectivity index (χ2v) is 10.2. The van der Waals surface area contributed by atoms with Crippen LogP contribution in [0.3, 0.4) is 0 Å². The Morgan fingerprint density at radius 2 is 2.00 bits per heavy atom. The number of amides is 1. The Labute approximate surface area is 216 Å². The van der Waals surface area contributed by atoms with Crippen molar-refractivity contribution in [1.29, 1.82) is 5.26 Å². The number of likely N-dealkylation sites (tertiary alicyclic amines) is 1. The standard InChI is InChI=1S/C28H30FN7O/c1-34-10-12-35(13-11-34)19-5-3-9-36(17-19)25-8-7-22(33-25)20-14-23(32-24-16-31-28(37)27(20)24)26-18(15-30)4-2-6-21(26)29/h2,4,6-8,14,19,22H,3,5,9-13,16-17H2,1H3,(H,31,37)/t19-,22?/m0/s1. The van der Waals surface area contributed by atoms with E-state index in [4.69, 9.17) is 4.99 Å². The number of benzene rings is 1. The van der Waals surface area contributed by atoms with Crippen molar-refractivity contribution < 1.29 is 9.18 Å². The summed E-state index contributed by atoms with van der Waals surface area (Å²) in [5.74, 6) is 0.227. The summed E-state index contributed by atoms with van der Waals surface area (Å²) in [4.78, 5) is 29.7. The van der Waals surface area contributed by atoms with Gasteiger partial charge in [0, 0.05) is 45.3 Å². The minimum Gasteiger partial charge on any atom is -0.355 e. The van der Waals surface area contributed by atoms with E-state index in [2.05, 4.69) is 38.1 Å². The zero-order chi connectivity index (χ0) is 25.5. The Kier molecular flexibility index (Phi) is 6.22. The van der Waals surface area contributed by atoms with Crippen molar-refractivity contribution in [3.05, 3.63) is 64.6 Å². The van der Waals surface area contributed by atoms with Crippen LogP contribution in [0.5, 0.6) is 0 Å². The maximum atomic E-state index is 14.8. The van der Waals surface area contributed by atoms with Gasteiger partial charge in [-0.05, 0) is 49.7 Å². The van der Waals surface area contributed by atoms with Crippen LogP contribution in [0.2, 0.25) is 0 Å². The third-order valence-corrected chi connectivity index (χ3v) is 7.95. The first-order chi connectivity index (χ1) is 18.0. The van der Waals surface area contributed by atoms with E-state index in [1.807, 2.05) is 12.2 Å². The molecule has 1 aromatic carbocycles. The number of nitrogens with zero attached hydrogens (tertiary/aromatic N) is 6. The lowest BCUT2D eigenvalue weighted by atomic mass is 9.96. The van der Waals surface area contributed by atoms with Gasteiger partial charge in [-0.2, -0.15) is 5.26 Å². The number of carbonyl (C=O) groups excluding carboxylic acids is 1. The number of amidine groups is 1. The molecule has 2 atom stereocenters. The number of hydrogen-bond acceptors (Lipinski definition) is 7. The first-order valence-electron chi connectivity index (χ1n) is 13.0. The van der Waals surface area contributed by atoms with Gasteiger partial charge < -0.3 is 15.1 Å². The van der Waals surface area contributed by atoms with Crippen LogP contribution in [0.4, 0.5) is 4.39 Å². The molecule has 5 heterocycles. The van der Waals surface area contributed by atoms with E-state index >= 15 is 0 Å². The molecule has 4 aliphatic heterocycles. The maximum absolute atomic E-state index is 14.8. The number of piperidine rings is 1. The predicted octanol–water partition coefficient (Wildman–Crippen LogP) is 2.72. The Morgan fingerprint density at radius 1 is 1.16 bits per heavy atom. The quantitative estimate of drug-likeness (QED) is 0.699. The highest BCUT2D eigenvalue weighted by atomic mass is 19.1. The average molecular weight is 500 g/mol. The molecule has 4 aliphatic rings. The van der Waals surface area contributed by atoms with E-state index < -0.39 is 5.82 Å². The molecular weight excluding hydrogens is 469 g/mol. The van der Waals surface area contributed by atoms with Gasteiger partial charge in [0.25, 0.3) is 5.91 Å². The highest BCUT2D eigenvalue weighted by Gasteiger charge is 2.33. The van der Waals surface area contributed by atoms with Crippen LogP contribution >= 0.6 is 0 Å². The van der Waals surface area contributed by atoms with E-state index in [0.29, 0.717) is 28.6 Å². The Bertz CT molecular complexity index is 1340. The number of hydrogen-bond donors (Lipinski definition) is 1. The normalized spacial score (nSPS) is 24.1. The van der Waals surface area contributed by atoms with Gasteiger partial charge in [0.1, 0.15) is 11.7 Å². The van der Waals surface area contributed by atoms with Gasteiger partial charge in [-0.3, -0.25) is 14.7 Å². The fourth-order valence-corrected chi connectivity index (χ4v) is 5.92. The smallest absolute Gasteiger partial charge is 0.253 e. The number of halogens is 1. The van der Waals surface area contributed by atoms with Gasteiger partial charge in [0.2, 0.25) is 0 Å². The summed E-state index contributed by atoms with van der Waals surface area (Å²) in [7, 11) is 2.18. The molecule has 0 aliphatic carbocycles. The molecule has 6 rings (SSSR count). The summed E-state index contributed by atoms with van der Waals surface area (Å²) < 4.78 is 14.8. The van der Waals surface area contributed by atoms with Gasteiger partial charge >= 0.3 is 0 Å². The fraction of sp³-hybridized carbons (Fsp3) is 0.429. The molecule has 0 radical (unpaired) electrons. The number of nitrogens with one attached hydrogen (secondary N) is 1. The molecule has 1 unspecified atom stereocenters. The third kappa shape index (κ3) is 4.41. The minimum absolute atomic E-state index is 0.158. The third-order valence-electron chi connectivity index (χ3n) is 7.95. The molecule has 1 N–H and O–H groups in total. The Hall–Kier alpha value is -3.61. The van der Waals surface area contributed by atoms with E-state index in [-0.39, 0.29) is 29.6 Å². The monoisotopic (exact) mass is 499 g/mol. The van der Waals surface area contributed by atoms with E-state index in [1.54, 1.807) is 12.1 Å². The van der Waals surface area contributed by atoms with Gasteiger partial charge in [-0.15, -0.1) is 0 Å². The van der Waals surface area contributed by atoms with Crippen LogP contribution < -0.4 is 5.32 Å². The number of likely N-dealkylation sites (N-methyl/N-ethyl adjacent to an activating group) is 1. The van der Waals surface area contributed by atoms with Crippen molar-refractivity contribution >= 4 is 11.7 Å². The van der Waals surface area contributed by atoms with Crippen molar-refractivity contribution in [2.24, 2.45) is 4.99 Å². The lowest BCUT2D eigenvalue weighted by Crippen LogP contribution is -2.54. The van der Waals surface area contributed by atoms with Crippen LogP contribution in [0.1, 0.15) is 46.1 Å². The summed E-state index contributed by atoms with van der Waals surface area (Å²) >= 11 is 0. The minimum atomic E-state index is -0.510. The van der Waals surface area contributed by atoms with Crippen LogP contribution in [0.25, 0.3) is 11.3 Å². The summed E-state index contributed by atoms with van der Waals surface area (Å²) in [5, 5.41) is 12.4. The van der Waals surface area contributed by atoms with Gasteiger partial charge in [-0.25, -0.2) is 9.37 Å². The van der Waals surface area contributed by atoms with Crippen molar-refractivity contribution in [2.75, 3.05) is 46.3 Å². The number of aliphatic imine (C=N–C) groups is 1. The molecule has 1 aromatic heterocycles. The molecule has 2 fully saturated rings. The Morgan fingerprint density at radius 3 is 2.81 bits per heavy atom. The molecule has 0 saturated carbocycles. The highest BCUT2D eigenvalue weighted by molar-refractivity contribution is 6.01. The second-order valence-electron chi connectivity index (χ2n) is 10.2. The number of piperazine rings is 1. The van der Waals surface area contributed by atoms with Crippen LogP contribution in [0, 0.1) is 17.1 Å². The van der Waals surface area contributed by atoms with E-state index in [9.17, 15) is 14.4 Å². The summed E-state index contributed by atoms with van der Waals surface area (Å²) in [5.41, 5.74) is 2.49. The molecule has 190 valence electrons. The maximum Gasteiger partial charge on any atom is 0.253 e. The van der Waals surface area contributed by atoms with Crippen molar-refractivity contribution in [3.63, 3.8) is 0 Å². The molecule has 0 bridgehead atoms. The number of rotatable bonds is 3. The molecule has 1 amide bonds. The second kappa shape index (κ2) is 9.69. The van der Waals surface area contributed by atoms with Crippen LogP contribution in [0.15, 0.2) is 41.4 Å². The number of pyridine rings is 1. The topological polar surface area (TPSA) is 87.9 Å². The molecular formula is C28H30FN7O. The molecule has 0 spiro atoms. The lowest BCUT2D eigenvalue weighted by Gasteiger charge is -2.43. The SMILES string of the molecule is CN1CCN([C@H]2CCCN(C3=NC(c4cc(-c5c(F)cccc5C#N)nc5c4C(=O)NC5)C=C3)C2)CC1. The van der Waals surface area contributed by atoms with Crippen LogP contribution in [-0.2, 0) is 6.54 Å². The van der Waals surface area contributed by atoms with Gasteiger partial charge in [0.15, 0.2) is 0 Å².